The first kappa shape index (κ1) is 18.2. The lowest BCUT2D eigenvalue weighted by Crippen LogP contribution is -2.51. The summed E-state index contributed by atoms with van der Waals surface area (Å²) in [5.74, 6) is 0.421. The molecule has 0 radical (unpaired) electrons. The van der Waals surface area contributed by atoms with E-state index in [4.69, 9.17) is 14.6 Å². The Balaban J connectivity index is 1.62. The van der Waals surface area contributed by atoms with E-state index in [1.165, 1.54) is 0 Å². The number of H-pyrrole nitrogens is 2. The van der Waals surface area contributed by atoms with Crippen LogP contribution >= 0.6 is 0 Å². The normalized spacial score (nSPS) is 19.9. The first-order valence-corrected chi connectivity index (χ1v) is 8.56. The molecule has 1 aromatic heterocycles. The summed E-state index contributed by atoms with van der Waals surface area (Å²) in [5.41, 5.74) is 1.62. The van der Waals surface area contributed by atoms with Crippen molar-refractivity contribution < 1.29 is 19.4 Å². The lowest BCUT2D eigenvalue weighted by Gasteiger charge is -2.32. The molecule has 2 aromatic rings. The zero-order chi connectivity index (χ0) is 18.5. The molecule has 1 aliphatic heterocycles. The largest absolute Gasteiger partial charge is 0.486 e. The zero-order valence-corrected chi connectivity index (χ0v) is 14.6. The fourth-order valence-corrected chi connectivity index (χ4v) is 2.94. The average molecular weight is 361 g/mol. The molecule has 0 spiro atoms. The van der Waals surface area contributed by atoms with Gasteiger partial charge in [-0.1, -0.05) is 12.1 Å². The molecule has 0 aliphatic carbocycles. The number of carbonyl (C=O) groups is 1. The molecule has 1 aliphatic rings. The Bertz CT molecular complexity index is 796. The second-order valence-electron chi connectivity index (χ2n) is 6.36. The Morgan fingerprint density at radius 2 is 2.12 bits per heavy atom. The van der Waals surface area contributed by atoms with Gasteiger partial charge in [-0.2, -0.15) is 0 Å². The number of hydrogen-bond acceptors (Lipinski definition) is 5. The van der Waals surface area contributed by atoms with Crippen molar-refractivity contribution in [2.75, 3.05) is 13.2 Å². The molecule has 26 heavy (non-hydrogen) atoms. The maximum atomic E-state index is 12.4. The Morgan fingerprint density at radius 3 is 2.77 bits per heavy atom. The first-order chi connectivity index (χ1) is 12.6. The minimum absolute atomic E-state index is 0.0138. The van der Waals surface area contributed by atoms with Gasteiger partial charge in [-0.25, -0.2) is 0 Å². The van der Waals surface area contributed by atoms with Gasteiger partial charge >= 0.3 is 0 Å². The molecule has 0 saturated carbocycles. The van der Waals surface area contributed by atoms with Crippen molar-refractivity contribution in [3.05, 3.63) is 51.4 Å². The molecule has 4 N–H and O–H groups in total. The van der Waals surface area contributed by atoms with E-state index in [-0.39, 0.29) is 36.6 Å². The number of rotatable bonds is 6. The van der Waals surface area contributed by atoms with E-state index in [2.05, 4.69) is 15.5 Å². The predicted octanol–water partition coefficient (Wildman–Crippen LogP) is 0.399. The van der Waals surface area contributed by atoms with Gasteiger partial charge in [-0.05, 0) is 31.0 Å². The highest BCUT2D eigenvalue weighted by Gasteiger charge is 2.29. The van der Waals surface area contributed by atoms with E-state index in [9.17, 15) is 9.59 Å². The van der Waals surface area contributed by atoms with Crippen LogP contribution in [0.3, 0.4) is 0 Å². The number of aliphatic hydroxyl groups is 1. The molecule has 1 aromatic carbocycles. The maximum Gasteiger partial charge on any atom is 0.267 e. The van der Waals surface area contributed by atoms with Crippen molar-refractivity contribution in [1.82, 2.24) is 15.5 Å². The third-order valence-electron chi connectivity index (χ3n) is 4.47. The number of aliphatic hydroxyl groups excluding tert-OH is 1. The molecular formula is C18H23N3O5. The number of ether oxygens (including phenoxy) is 2. The van der Waals surface area contributed by atoms with Crippen LogP contribution in [0.1, 0.15) is 23.2 Å². The van der Waals surface area contributed by atoms with Crippen LogP contribution in [0.2, 0.25) is 0 Å². The highest BCUT2D eigenvalue weighted by molar-refractivity contribution is 5.79. The molecular weight excluding hydrogens is 338 g/mol. The highest BCUT2D eigenvalue weighted by Crippen LogP contribution is 2.19. The van der Waals surface area contributed by atoms with Gasteiger partial charge in [0.05, 0.1) is 25.7 Å². The van der Waals surface area contributed by atoms with Crippen LogP contribution in [-0.2, 0) is 22.6 Å². The van der Waals surface area contributed by atoms with Gasteiger partial charge in [0.1, 0.15) is 11.9 Å². The Labute approximate surface area is 150 Å². The number of aromatic nitrogens is 2. The number of benzene rings is 1. The molecule has 1 saturated heterocycles. The number of amides is 1. The van der Waals surface area contributed by atoms with Crippen LogP contribution in [-0.4, -0.2) is 46.6 Å². The predicted molar refractivity (Wildman–Crippen MR) is 94.0 cm³/mol. The lowest BCUT2D eigenvalue weighted by molar-refractivity contribution is -0.123. The summed E-state index contributed by atoms with van der Waals surface area (Å²) in [4.78, 5) is 24.1. The minimum atomic E-state index is -0.321. The number of aromatic amines is 2. The Morgan fingerprint density at radius 1 is 1.35 bits per heavy atom. The third kappa shape index (κ3) is 4.33. The fourth-order valence-electron chi connectivity index (χ4n) is 2.94. The second kappa shape index (κ2) is 8.20. The van der Waals surface area contributed by atoms with Gasteiger partial charge in [0.15, 0.2) is 0 Å². The van der Waals surface area contributed by atoms with E-state index in [0.717, 1.165) is 5.56 Å². The fraction of sp³-hybridized carbons (Fsp3) is 0.444. The molecule has 140 valence electrons. The first-order valence-electron chi connectivity index (χ1n) is 8.56. The van der Waals surface area contributed by atoms with Crippen LogP contribution in [0.4, 0.5) is 0 Å². The Hall–Kier alpha value is -2.58. The molecule has 3 rings (SSSR count). The summed E-state index contributed by atoms with van der Waals surface area (Å²) in [6.45, 7) is 2.63. The van der Waals surface area contributed by atoms with Crippen molar-refractivity contribution in [2.45, 2.75) is 38.5 Å². The van der Waals surface area contributed by atoms with E-state index < -0.39 is 0 Å². The third-order valence-corrected chi connectivity index (χ3v) is 4.47. The van der Waals surface area contributed by atoms with Crippen molar-refractivity contribution >= 4 is 5.91 Å². The minimum Gasteiger partial charge on any atom is -0.486 e. The van der Waals surface area contributed by atoms with Gasteiger partial charge in [0.2, 0.25) is 5.91 Å². The summed E-state index contributed by atoms with van der Waals surface area (Å²) in [7, 11) is 0. The van der Waals surface area contributed by atoms with Gasteiger partial charge < -0.3 is 25.0 Å². The number of hydrogen-bond donors (Lipinski definition) is 4. The van der Waals surface area contributed by atoms with Gasteiger partial charge in [-0.3, -0.25) is 14.7 Å². The standard InChI is InChI=1S/C18H23N3O5/c1-11-14(18(24)21-20-11)8-17(23)19-15-6-7-25-10-16(15)26-13-4-2-12(9-22)3-5-13/h2-5,15-16,22H,6-10H2,1H3,(H,19,23)(H2,20,21,24)/t15-,16-/m1/s1. The molecule has 0 bridgehead atoms. The van der Waals surface area contributed by atoms with E-state index in [1.807, 2.05) is 0 Å². The van der Waals surface area contributed by atoms with Crippen molar-refractivity contribution in [2.24, 2.45) is 0 Å². The highest BCUT2D eigenvalue weighted by atomic mass is 16.5. The van der Waals surface area contributed by atoms with Crippen molar-refractivity contribution in [3.63, 3.8) is 0 Å². The van der Waals surface area contributed by atoms with Crippen molar-refractivity contribution in [1.29, 1.82) is 0 Å². The van der Waals surface area contributed by atoms with Gasteiger partial charge in [0, 0.05) is 17.9 Å². The van der Waals surface area contributed by atoms with Crippen LogP contribution in [0.15, 0.2) is 29.1 Å². The molecule has 2 atom stereocenters. The molecule has 1 amide bonds. The molecule has 2 heterocycles. The van der Waals surface area contributed by atoms with E-state index >= 15 is 0 Å². The topological polar surface area (TPSA) is 116 Å². The molecule has 8 nitrogen and oxygen atoms in total. The maximum absolute atomic E-state index is 12.4. The smallest absolute Gasteiger partial charge is 0.267 e. The van der Waals surface area contributed by atoms with E-state index in [1.54, 1.807) is 31.2 Å². The summed E-state index contributed by atoms with van der Waals surface area (Å²) in [5, 5.41) is 17.2. The monoisotopic (exact) mass is 361 g/mol. The van der Waals surface area contributed by atoms with Crippen LogP contribution in [0, 0.1) is 6.92 Å². The summed E-state index contributed by atoms with van der Waals surface area (Å²) in [6, 6.07) is 6.93. The number of nitrogens with one attached hydrogen (secondary N) is 3. The SMILES string of the molecule is Cc1[nH][nH]c(=O)c1CC(=O)N[C@@H]1CCOC[C@H]1Oc1ccc(CO)cc1. The van der Waals surface area contributed by atoms with Gasteiger partial charge in [-0.15, -0.1) is 0 Å². The summed E-state index contributed by atoms with van der Waals surface area (Å²) >= 11 is 0. The number of carbonyl (C=O) groups excluding carboxylic acids is 1. The molecule has 8 heteroatoms. The average Bonchev–Trinajstić information content (AvgIpc) is 2.96. The number of aryl methyl sites for hydroxylation is 1. The zero-order valence-electron chi connectivity index (χ0n) is 14.6. The van der Waals surface area contributed by atoms with Crippen LogP contribution in [0.5, 0.6) is 5.75 Å². The van der Waals surface area contributed by atoms with Crippen LogP contribution < -0.4 is 15.6 Å². The quantitative estimate of drug-likeness (QED) is 0.594. The van der Waals surface area contributed by atoms with Crippen LogP contribution in [0.25, 0.3) is 0 Å². The summed E-state index contributed by atoms with van der Waals surface area (Å²) < 4.78 is 11.4. The molecule has 1 fully saturated rings. The molecule has 0 unspecified atom stereocenters. The second-order valence-corrected chi connectivity index (χ2v) is 6.36. The summed E-state index contributed by atoms with van der Waals surface area (Å²) in [6.07, 6.45) is 0.325. The lowest BCUT2D eigenvalue weighted by atomic mass is 10.0. The van der Waals surface area contributed by atoms with Crippen molar-refractivity contribution in [3.8, 4) is 5.75 Å². The Kier molecular flexibility index (Phi) is 5.75. The van der Waals surface area contributed by atoms with E-state index in [0.29, 0.717) is 36.6 Å². The van der Waals surface area contributed by atoms with Gasteiger partial charge in [0.25, 0.3) is 5.56 Å².